The average Bonchev–Trinajstić information content (AvgIpc) is 2.90. The van der Waals surface area contributed by atoms with E-state index >= 15 is 0 Å². The fraction of sp³-hybridized carbons (Fsp3) is 0.387. The highest BCUT2D eigenvalue weighted by Gasteiger charge is 2.17. The summed E-state index contributed by atoms with van der Waals surface area (Å²) in [6.07, 6.45) is 7.25. The molecule has 0 saturated heterocycles. The Morgan fingerprint density at radius 1 is 0.833 bits per heavy atom. The molecule has 1 atom stereocenters. The minimum Gasteiger partial charge on any atom is -0.494 e. The van der Waals surface area contributed by atoms with E-state index in [0.29, 0.717) is 30.1 Å². The summed E-state index contributed by atoms with van der Waals surface area (Å²) in [6.45, 7) is 4.82. The number of rotatable bonds is 15. The van der Waals surface area contributed by atoms with Crippen molar-refractivity contribution in [3.8, 4) is 28.4 Å². The number of aliphatic hydroxyl groups is 1. The number of hydrogen-bond acceptors (Lipinski definition) is 5. The molecule has 1 unspecified atom stereocenters. The second-order valence-corrected chi connectivity index (χ2v) is 8.83. The van der Waals surface area contributed by atoms with Gasteiger partial charge in [-0.2, -0.15) is 0 Å². The SMILES string of the molecule is CCCCCCCC(CCO)Oc1ccc(-c2ccc(OCC)cc2)c(OC(=O)c2ccccc2)c1. The van der Waals surface area contributed by atoms with E-state index in [4.69, 9.17) is 14.2 Å². The van der Waals surface area contributed by atoms with E-state index in [2.05, 4.69) is 6.92 Å². The van der Waals surface area contributed by atoms with Crippen LogP contribution in [0.4, 0.5) is 0 Å². The Morgan fingerprint density at radius 3 is 2.25 bits per heavy atom. The standard InChI is InChI=1S/C31H38O5/c1-3-5-6-7-11-14-27(21-22-32)35-28-19-20-29(24-15-17-26(18-16-24)34-4-2)30(23-28)36-31(33)25-12-9-8-10-13-25/h8-10,12-13,15-20,23,27,32H,3-7,11,14,21-22H2,1-2H3. The Bertz CT molecular complexity index is 1050. The highest BCUT2D eigenvalue weighted by atomic mass is 16.5. The Morgan fingerprint density at radius 2 is 1.56 bits per heavy atom. The molecule has 0 aliphatic carbocycles. The van der Waals surface area contributed by atoms with Crippen LogP contribution in [-0.2, 0) is 0 Å². The van der Waals surface area contributed by atoms with Gasteiger partial charge >= 0.3 is 5.97 Å². The summed E-state index contributed by atoms with van der Waals surface area (Å²) in [5, 5.41) is 9.55. The first kappa shape index (κ1) is 27.3. The zero-order valence-electron chi connectivity index (χ0n) is 21.4. The number of hydrogen-bond donors (Lipinski definition) is 1. The average molecular weight is 491 g/mol. The third-order valence-corrected chi connectivity index (χ3v) is 6.03. The van der Waals surface area contributed by atoms with Gasteiger partial charge in [0.05, 0.1) is 12.2 Å². The van der Waals surface area contributed by atoms with E-state index in [9.17, 15) is 9.90 Å². The lowest BCUT2D eigenvalue weighted by atomic mass is 10.0. The number of benzene rings is 3. The van der Waals surface area contributed by atoms with Gasteiger partial charge in [0.25, 0.3) is 0 Å². The van der Waals surface area contributed by atoms with Crippen LogP contribution in [0.5, 0.6) is 17.2 Å². The normalized spacial score (nSPS) is 11.6. The smallest absolute Gasteiger partial charge is 0.343 e. The monoisotopic (exact) mass is 490 g/mol. The lowest BCUT2D eigenvalue weighted by Gasteiger charge is -2.20. The van der Waals surface area contributed by atoms with E-state index in [1.54, 1.807) is 18.2 Å². The van der Waals surface area contributed by atoms with Gasteiger partial charge in [-0.05, 0) is 61.7 Å². The predicted molar refractivity (Wildman–Crippen MR) is 144 cm³/mol. The first-order valence-electron chi connectivity index (χ1n) is 13.1. The molecule has 3 aromatic carbocycles. The van der Waals surface area contributed by atoms with Crippen LogP contribution in [0.25, 0.3) is 11.1 Å². The molecule has 0 bridgehead atoms. The molecule has 36 heavy (non-hydrogen) atoms. The topological polar surface area (TPSA) is 65.0 Å². The molecule has 0 saturated carbocycles. The van der Waals surface area contributed by atoms with Gasteiger partial charge in [-0.15, -0.1) is 0 Å². The van der Waals surface area contributed by atoms with E-state index in [-0.39, 0.29) is 12.7 Å². The van der Waals surface area contributed by atoms with Crippen LogP contribution in [0.3, 0.4) is 0 Å². The molecule has 0 aliphatic rings. The maximum Gasteiger partial charge on any atom is 0.343 e. The van der Waals surface area contributed by atoms with Gasteiger partial charge in [0.2, 0.25) is 0 Å². The Balaban J connectivity index is 1.83. The van der Waals surface area contributed by atoms with Crippen LogP contribution in [0.2, 0.25) is 0 Å². The quantitative estimate of drug-likeness (QED) is 0.136. The zero-order valence-corrected chi connectivity index (χ0v) is 21.4. The maximum absolute atomic E-state index is 12.9. The molecule has 0 amide bonds. The molecule has 3 rings (SSSR count). The number of ether oxygens (including phenoxy) is 3. The number of carbonyl (C=O) groups excluding carboxylic acids is 1. The highest BCUT2D eigenvalue weighted by Crippen LogP contribution is 2.35. The molecule has 0 radical (unpaired) electrons. The van der Waals surface area contributed by atoms with Crippen molar-refractivity contribution in [3.63, 3.8) is 0 Å². The van der Waals surface area contributed by atoms with Crippen molar-refractivity contribution in [1.29, 1.82) is 0 Å². The number of carbonyl (C=O) groups is 1. The van der Waals surface area contributed by atoms with E-state index < -0.39 is 5.97 Å². The fourth-order valence-electron chi connectivity index (χ4n) is 4.10. The van der Waals surface area contributed by atoms with Crippen molar-refractivity contribution in [3.05, 3.63) is 78.4 Å². The van der Waals surface area contributed by atoms with Gasteiger partial charge in [-0.3, -0.25) is 0 Å². The molecule has 0 aromatic heterocycles. The van der Waals surface area contributed by atoms with Crippen LogP contribution < -0.4 is 14.2 Å². The van der Waals surface area contributed by atoms with Crippen molar-refractivity contribution >= 4 is 5.97 Å². The van der Waals surface area contributed by atoms with Crippen LogP contribution in [0.15, 0.2) is 72.8 Å². The molecule has 0 spiro atoms. The highest BCUT2D eigenvalue weighted by molar-refractivity contribution is 5.92. The summed E-state index contributed by atoms with van der Waals surface area (Å²) in [4.78, 5) is 12.9. The van der Waals surface area contributed by atoms with Crippen LogP contribution in [0.1, 0.15) is 69.2 Å². The van der Waals surface area contributed by atoms with Crippen LogP contribution in [-0.4, -0.2) is 30.4 Å². The molecular formula is C31H38O5. The fourth-order valence-corrected chi connectivity index (χ4v) is 4.10. The second-order valence-electron chi connectivity index (χ2n) is 8.83. The predicted octanol–water partition coefficient (Wildman–Crippen LogP) is 7.46. The van der Waals surface area contributed by atoms with E-state index in [1.165, 1.54) is 19.3 Å². The largest absolute Gasteiger partial charge is 0.494 e. The number of unbranched alkanes of at least 4 members (excludes halogenated alkanes) is 4. The molecule has 3 aromatic rings. The van der Waals surface area contributed by atoms with Crippen molar-refractivity contribution in [2.45, 2.75) is 64.9 Å². The van der Waals surface area contributed by atoms with Gasteiger partial charge in [-0.1, -0.05) is 62.9 Å². The minimum atomic E-state index is -0.428. The summed E-state index contributed by atoms with van der Waals surface area (Å²) in [5.41, 5.74) is 2.17. The molecule has 5 heteroatoms. The summed E-state index contributed by atoms with van der Waals surface area (Å²) < 4.78 is 17.7. The van der Waals surface area contributed by atoms with E-state index in [1.807, 2.05) is 61.5 Å². The summed E-state index contributed by atoms with van der Waals surface area (Å²) in [5.74, 6) is 1.40. The molecular weight excluding hydrogens is 452 g/mol. The van der Waals surface area contributed by atoms with Crippen molar-refractivity contribution in [2.24, 2.45) is 0 Å². The molecule has 192 valence electrons. The molecule has 0 fully saturated rings. The Kier molecular flexibility index (Phi) is 11.3. The van der Waals surface area contributed by atoms with Gasteiger partial charge < -0.3 is 19.3 Å². The zero-order chi connectivity index (χ0) is 25.6. The first-order valence-corrected chi connectivity index (χ1v) is 13.1. The number of esters is 1. The Hall–Kier alpha value is -3.31. The first-order chi connectivity index (χ1) is 17.6. The second kappa shape index (κ2) is 14.9. The van der Waals surface area contributed by atoms with Gasteiger partial charge in [0.15, 0.2) is 0 Å². The summed E-state index contributed by atoms with van der Waals surface area (Å²) in [6, 6.07) is 22.2. The van der Waals surface area contributed by atoms with E-state index in [0.717, 1.165) is 36.1 Å². The third-order valence-electron chi connectivity index (χ3n) is 6.03. The van der Waals surface area contributed by atoms with Gasteiger partial charge in [-0.25, -0.2) is 4.79 Å². The number of aliphatic hydroxyl groups excluding tert-OH is 1. The van der Waals surface area contributed by atoms with Gasteiger partial charge in [0.1, 0.15) is 23.4 Å². The lowest BCUT2D eigenvalue weighted by molar-refractivity contribution is 0.0735. The molecule has 0 aliphatic heterocycles. The van der Waals surface area contributed by atoms with Crippen LogP contribution in [0, 0.1) is 0 Å². The summed E-state index contributed by atoms with van der Waals surface area (Å²) >= 11 is 0. The molecule has 1 N–H and O–H groups in total. The molecule has 0 heterocycles. The van der Waals surface area contributed by atoms with Crippen molar-refractivity contribution in [2.75, 3.05) is 13.2 Å². The van der Waals surface area contributed by atoms with Gasteiger partial charge in [0, 0.05) is 24.7 Å². The maximum atomic E-state index is 12.9. The van der Waals surface area contributed by atoms with Crippen molar-refractivity contribution < 1.29 is 24.1 Å². The summed E-state index contributed by atoms with van der Waals surface area (Å²) in [7, 11) is 0. The van der Waals surface area contributed by atoms with Crippen LogP contribution >= 0.6 is 0 Å². The Labute approximate surface area is 215 Å². The minimum absolute atomic E-state index is 0.0692. The molecule has 5 nitrogen and oxygen atoms in total. The van der Waals surface area contributed by atoms with Crippen molar-refractivity contribution in [1.82, 2.24) is 0 Å². The lowest BCUT2D eigenvalue weighted by Crippen LogP contribution is -2.18. The third kappa shape index (κ3) is 8.42.